The summed E-state index contributed by atoms with van der Waals surface area (Å²) in [5.41, 5.74) is 1.69. The number of carbonyl (C=O) groups is 2. The summed E-state index contributed by atoms with van der Waals surface area (Å²) >= 11 is 0. The van der Waals surface area contributed by atoms with E-state index in [-0.39, 0.29) is 5.56 Å². The van der Waals surface area contributed by atoms with Crippen molar-refractivity contribution in [2.45, 2.75) is 18.8 Å². The topological polar surface area (TPSA) is 54.4 Å². The minimum absolute atomic E-state index is 0.177. The van der Waals surface area contributed by atoms with Gasteiger partial charge in [0, 0.05) is 5.56 Å². The predicted octanol–water partition coefficient (Wildman–Crippen LogP) is 2.07. The lowest BCUT2D eigenvalue weighted by Crippen LogP contribution is -1.99. The summed E-state index contributed by atoms with van der Waals surface area (Å²) in [5.74, 6) is -0.520. The number of hydrogen-bond donors (Lipinski definition) is 1. The van der Waals surface area contributed by atoms with Crippen molar-refractivity contribution in [3.8, 4) is 0 Å². The van der Waals surface area contributed by atoms with Gasteiger partial charge in [-0.15, -0.1) is 0 Å². The molecule has 0 aliphatic heterocycles. The molecule has 0 radical (unpaired) electrons. The fraction of sp³-hybridized carbons (Fsp3) is 0.273. The number of hydrogen-bond acceptors (Lipinski definition) is 2. The summed E-state index contributed by atoms with van der Waals surface area (Å²) < 4.78 is 0. The van der Waals surface area contributed by atoms with E-state index in [4.69, 9.17) is 5.11 Å². The Balaban J connectivity index is 2.43. The maximum atomic E-state index is 10.7. The molecule has 1 aromatic rings. The smallest absolute Gasteiger partial charge is 0.335 e. The summed E-state index contributed by atoms with van der Waals surface area (Å²) in [7, 11) is 0. The van der Waals surface area contributed by atoms with Crippen molar-refractivity contribution in [1.82, 2.24) is 0 Å². The lowest BCUT2D eigenvalue weighted by molar-refractivity contribution is 0.0697. The first-order valence-corrected chi connectivity index (χ1v) is 4.55. The molecule has 1 saturated carbocycles. The van der Waals surface area contributed by atoms with Gasteiger partial charge in [-0.1, -0.05) is 6.07 Å². The van der Waals surface area contributed by atoms with E-state index in [9.17, 15) is 9.59 Å². The summed E-state index contributed by atoms with van der Waals surface area (Å²) in [6.45, 7) is 0. The molecule has 1 aliphatic rings. The molecule has 1 aromatic carbocycles. The summed E-state index contributed by atoms with van der Waals surface area (Å²) in [5, 5.41) is 8.73. The highest BCUT2D eigenvalue weighted by atomic mass is 16.4. The molecule has 3 heteroatoms. The third kappa shape index (κ3) is 1.53. The van der Waals surface area contributed by atoms with Crippen LogP contribution in [0.25, 0.3) is 0 Å². The van der Waals surface area contributed by atoms with Crippen molar-refractivity contribution >= 4 is 12.3 Å². The average Bonchev–Trinajstić information content (AvgIpc) is 3.00. The van der Waals surface area contributed by atoms with Crippen molar-refractivity contribution < 1.29 is 14.7 Å². The second-order valence-corrected chi connectivity index (χ2v) is 3.54. The quantitative estimate of drug-likeness (QED) is 0.742. The van der Waals surface area contributed by atoms with Crippen molar-refractivity contribution in [3.63, 3.8) is 0 Å². The van der Waals surface area contributed by atoms with Crippen LogP contribution in [0.3, 0.4) is 0 Å². The van der Waals surface area contributed by atoms with Gasteiger partial charge >= 0.3 is 5.97 Å². The second-order valence-electron chi connectivity index (χ2n) is 3.54. The van der Waals surface area contributed by atoms with E-state index in [1.54, 1.807) is 12.1 Å². The van der Waals surface area contributed by atoms with Gasteiger partial charge in [-0.05, 0) is 36.5 Å². The highest BCUT2D eigenvalue weighted by Crippen LogP contribution is 2.41. The van der Waals surface area contributed by atoms with Crippen LogP contribution < -0.4 is 0 Å². The van der Waals surface area contributed by atoms with Gasteiger partial charge in [-0.3, -0.25) is 4.79 Å². The summed E-state index contributed by atoms with van der Waals surface area (Å²) in [4.78, 5) is 21.4. The van der Waals surface area contributed by atoms with Crippen LogP contribution in [-0.2, 0) is 0 Å². The van der Waals surface area contributed by atoms with Crippen molar-refractivity contribution in [2.75, 3.05) is 0 Å². The Labute approximate surface area is 81.4 Å². The Morgan fingerprint density at radius 3 is 2.64 bits per heavy atom. The van der Waals surface area contributed by atoms with E-state index in [2.05, 4.69) is 0 Å². The van der Waals surface area contributed by atoms with Gasteiger partial charge in [-0.2, -0.15) is 0 Å². The molecule has 0 spiro atoms. The first-order chi connectivity index (χ1) is 6.72. The van der Waals surface area contributed by atoms with E-state index in [1.165, 1.54) is 6.07 Å². The minimum Gasteiger partial charge on any atom is -0.478 e. The fourth-order valence-corrected chi connectivity index (χ4v) is 1.58. The van der Waals surface area contributed by atoms with E-state index in [1.807, 2.05) is 0 Å². The molecule has 1 aliphatic carbocycles. The molecule has 0 atom stereocenters. The Morgan fingerprint density at radius 1 is 1.43 bits per heavy atom. The van der Waals surface area contributed by atoms with Gasteiger partial charge in [0.25, 0.3) is 0 Å². The molecule has 1 fully saturated rings. The van der Waals surface area contributed by atoms with Gasteiger partial charge in [0.2, 0.25) is 0 Å². The van der Waals surface area contributed by atoms with Crippen LogP contribution in [0.2, 0.25) is 0 Å². The maximum absolute atomic E-state index is 10.7. The molecule has 2 rings (SSSR count). The van der Waals surface area contributed by atoms with Gasteiger partial charge in [0.15, 0.2) is 0 Å². The van der Waals surface area contributed by atoms with Crippen LogP contribution in [0, 0.1) is 0 Å². The zero-order chi connectivity index (χ0) is 10.1. The SMILES string of the molecule is O=Cc1cc(C(=O)O)ccc1C1CC1. The number of carboxylic acid groups (broad SMARTS) is 1. The van der Waals surface area contributed by atoms with E-state index in [0.717, 1.165) is 24.7 Å². The van der Waals surface area contributed by atoms with Crippen molar-refractivity contribution in [1.29, 1.82) is 0 Å². The highest BCUT2D eigenvalue weighted by Gasteiger charge is 2.26. The molecule has 0 aromatic heterocycles. The van der Waals surface area contributed by atoms with E-state index < -0.39 is 5.97 Å². The number of aromatic carboxylic acids is 1. The molecule has 0 unspecified atom stereocenters. The van der Waals surface area contributed by atoms with Crippen LogP contribution in [0.5, 0.6) is 0 Å². The first kappa shape index (κ1) is 8.94. The van der Waals surface area contributed by atoms with Gasteiger partial charge < -0.3 is 5.11 Å². The van der Waals surface area contributed by atoms with Crippen LogP contribution in [0.4, 0.5) is 0 Å². The molecular weight excluding hydrogens is 180 g/mol. The number of carbonyl (C=O) groups excluding carboxylic acids is 1. The highest BCUT2D eigenvalue weighted by molar-refractivity contribution is 5.91. The molecule has 3 nitrogen and oxygen atoms in total. The van der Waals surface area contributed by atoms with Gasteiger partial charge in [-0.25, -0.2) is 4.79 Å². The number of carboxylic acids is 1. The standard InChI is InChI=1S/C11H10O3/c12-6-9-5-8(11(13)14)3-4-10(9)7-1-2-7/h3-7H,1-2H2,(H,13,14). The van der Waals surface area contributed by atoms with Crippen LogP contribution in [0.15, 0.2) is 18.2 Å². The number of benzene rings is 1. The van der Waals surface area contributed by atoms with Crippen LogP contribution in [-0.4, -0.2) is 17.4 Å². The lowest BCUT2D eigenvalue weighted by Gasteiger charge is -2.03. The van der Waals surface area contributed by atoms with Gasteiger partial charge in [0.1, 0.15) is 6.29 Å². The minimum atomic E-state index is -0.990. The van der Waals surface area contributed by atoms with Crippen molar-refractivity contribution in [2.24, 2.45) is 0 Å². The zero-order valence-electron chi connectivity index (χ0n) is 7.56. The first-order valence-electron chi connectivity index (χ1n) is 4.55. The maximum Gasteiger partial charge on any atom is 0.335 e. The number of rotatable bonds is 3. The molecule has 72 valence electrons. The summed E-state index contributed by atoms with van der Waals surface area (Å²) in [6, 6.07) is 4.76. The normalized spacial score (nSPS) is 15.1. The third-order valence-electron chi connectivity index (χ3n) is 2.48. The average molecular weight is 190 g/mol. The molecule has 0 saturated heterocycles. The Morgan fingerprint density at radius 2 is 2.14 bits per heavy atom. The van der Waals surface area contributed by atoms with Crippen LogP contribution >= 0.6 is 0 Å². The molecular formula is C11H10O3. The number of aldehydes is 1. The molecule has 0 bridgehead atoms. The van der Waals surface area contributed by atoms with Crippen LogP contribution in [0.1, 0.15) is 45.0 Å². The largest absolute Gasteiger partial charge is 0.478 e. The molecule has 1 N–H and O–H groups in total. The van der Waals surface area contributed by atoms with Crippen molar-refractivity contribution in [3.05, 3.63) is 34.9 Å². The monoisotopic (exact) mass is 190 g/mol. The predicted molar refractivity (Wildman–Crippen MR) is 50.8 cm³/mol. The Hall–Kier alpha value is -1.64. The summed E-state index contributed by atoms with van der Waals surface area (Å²) in [6.07, 6.45) is 2.95. The van der Waals surface area contributed by atoms with Gasteiger partial charge in [0.05, 0.1) is 5.56 Å². The molecule has 0 amide bonds. The lowest BCUT2D eigenvalue weighted by atomic mass is 10.0. The van der Waals surface area contributed by atoms with E-state index in [0.29, 0.717) is 11.5 Å². The third-order valence-corrected chi connectivity index (χ3v) is 2.48. The zero-order valence-corrected chi connectivity index (χ0v) is 7.56. The fourth-order valence-electron chi connectivity index (χ4n) is 1.58. The van der Waals surface area contributed by atoms with E-state index >= 15 is 0 Å². The Kier molecular flexibility index (Phi) is 2.08. The molecule has 14 heavy (non-hydrogen) atoms. The second kappa shape index (κ2) is 3.25. The Bertz CT molecular complexity index is 392. The molecule has 0 heterocycles.